The molecule has 10 heteroatoms. The fourth-order valence-corrected chi connectivity index (χ4v) is 4.84. The van der Waals surface area contributed by atoms with Gasteiger partial charge in [0.1, 0.15) is 11.4 Å². The molecule has 2 aliphatic rings. The van der Waals surface area contributed by atoms with Gasteiger partial charge in [0.05, 0.1) is 10.6 Å². The van der Waals surface area contributed by atoms with Crippen molar-refractivity contribution in [3.05, 3.63) is 62.3 Å². The first-order chi connectivity index (χ1) is 15.1. The molecule has 2 heterocycles. The molecule has 1 aliphatic carbocycles. The number of aliphatic hydroxyl groups is 1. The second-order valence-corrected chi connectivity index (χ2v) is 8.96. The van der Waals surface area contributed by atoms with Crippen molar-refractivity contribution in [3.8, 4) is 5.75 Å². The topological polar surface area (TPSA) is 112 Å². The van der Waals surface area contributed by atoms with E-state index in [1.165, 1.54) is 29.0 Å². The van der Waals surface area contributed by atoms with Crippen LogP contribution in [0.1, 0.15) is 46.7 Å². The number of aromatic nitrogens is 1. The number of carbonyl (C=O) groups excluding carboxylic acids is 2. The van der Waals surface area contributed by atoms with Crippen molar-refractivity contribution in [2.45, 2.75) is 44.9 Å². The molecule has 1 spiro atoms. The van der Waals surface area contributed by atoms with Crippen LogP contribution in [0.2, 0.25) is 5.02 Å². The van der Waals surface area contributed by atoms with Crippen LogP contribution in [-0.4, -0.2) is 49.7 Å². The average Bonchev–Trinajstić information content (AvgIpc) is 3.43. The standard InChI is InChI=1S/C22H23ClFN3O5/c1-11(2)27-21(32)17-19(30)18(29)14(8-26(17)10-22(27)6-13(22)9-28)20(31)25-7-12-4-3-5-15(23)16(12)24/h3-5,8,11,13,28,30H,6-7,9-10H2,1-2H3,(H,25,31)/t13-,22-/m1/s1. The van der Waals surface area contributed by atoms with Gasteiger partial charge < -0.3 is 25.0 Å². The van der Waals surface area contributed by atoms with E-state index in [0.717, 1.165) is 0 Å². The highest BCUT2D eigenvalue weighted by atomic mass is 35.5. The van der Waals surface area contributed by atoms with E-state index in [0.29, 0.717) is 6.42 Å². The Balaban J connectivity index is 1.68. The minimum absolute atomic E-state index is 0.0929. The number of rotatable bonds is 5. The molecule has 0 unspecified atom stereocenters. The monoisotopic (exact) mass is 463 g/mol. The van der Waals surface area contributed by atoms with E-state index in [9.17, 15) is 29.0 Å². The first kappa shape index (κ1) is 22.3. The van der Waals surface area contributed by atoms with Gasteiger partial charge in [0.25, 0.3) is 11.8 Å². The van der Waals surface area contributed by atoms with Gasteiger partial charge in [0.15, 0.2) is 11.4 Å². The SMILES string of the molecule is CC(C)N1C(=O)c2c(O)c(=O)c(C(=O)NCc3cccc(Cl)c3F)cn2C[C@@]12C[C@@H]2CO. The molecular weight excluding hydrogens is 441 g/mol. The summed E-state index contributed by atoms with van der Waals surface area (Å²) in [7, 11) is 0. The molecule has 2 aromatic rings. The van der Waals surface area contributed by atoms with Crippen LogP contribution in [-0.2, 0) is 13.1 Å². The average molecular weight is 464 g/mol. The summed E-state index contributed by atoms with van der Waals surface area (Å²) in [5, 5.41) is 22.6. The van der Waals surface area contributed by atoms with Crippen LogP contribution in [0.5, 0.6) is 5.75 Å². The van der Waals surface area contributed by atoms with Gasteiger partial charge in [-0.25, -0.2) is 4.39 Å². The number of nitrogens with zero attached hydrogens (tertiary/aromatic N) is 2. The van der Waals surface area contributed by atoms with E-state index in [1.54, 1.807) is 4.90 Å². The molecule has 8 nitrogen and oxygen atoms in total. The molecule has 2 amide bonds. The maximum absolute atomic E-state index is 14.1. The molecule has 2 atom stereocenters. The van der Waals surface area contributed by atoms with E-state index in [-0.39, 0.29) is 53.5 Å². The number of hydrogen-bond donors (Lipinski definition) is 3. The molecule has 1 fully saturated rings. The quantitative estimate of drug-likeness (QED) is 0.627. The Labute approximate surface area is 188 Å². The maximum Gasteiger partial charge on any atom is 0.275 e. The van der Waals surface area contributed by atoms with Crippen molar-refractivity contribution in [2.24, 2.45) is 5.92 Å². The summed E-state index contributed by atoms with van der Waals surface area (Å²) in [6, 6.07) is 4.15. The van der Waals surface area contributed by atoms with E-state index >= 15 is 0 Å². The number of hydrogen-bond acceptors (Lipinski definition) is 5. The third-order valence-electron chi connectivity index (χ3n) is 6.25. The Bertz CT molecular complexity index is 1180. The fraction of sp³-hybridized carbons (Fsp3) is 0.409. The first-order valence-electron chi connectivity index (χ1n) is 10.2. The van der Waals surface area contributed by atoms with Gasteiger partial charge in [0, 0.05) is 43.4 Å². The number of fused-ring (bicyclic) bond motifs is 1. The largest absolute Gasteiger partial charge is 0.503 e. The van der Waals surface area contributed by atoms with Crippen LogP contribution in [0.4, 0.5) is 4.39 Å². The van der Waals surface area contributed by atoms with Gasteiger partial charge >= 0.3 is 0 Å². The minimum atomic E-state index is -0.983. The maximum atomic E-state index is 14.1. The first-order valence-corrected chi connectivity index (χ1v) is 10.6. The summed E-state index contributed by atoms with van der Waals surface area (Å²) < 4.78 is 15.5. The van der Waals surface area contributed by atoms with Gasteiger partial charge in [-0.1, -0.05) is 23.7 Å². The van der Waals surface area contributed by atoms with Gasteiger partial charge in [-0.3, -0.25) is 14.4 Å². The normalized spacial score (nSPS) is 21.8. The molecule has 1 saturated carbocycles. The third kappa shape index (κ3) is 3.36. The van der Waals surface area contributed by atoms with E-state index in [1.807, 2.05) is 13.8 Å². The van der Waals surface area contributed by atoms with Crippen molar-refractivity contribution in [3.63, 3.8) is 0 Å². The zero-order valence-corrected chi connectivity index (χ0v) is 18.3. The zero-order valence-electron chi connectivity index (χ0n) is 17.6. The van der Waals surface area contributed by atoms with Crippen LogP contribution >= 0.6 is 11.6 Å². The molecule has 0 bridgehead atoms. The Morgan fingerprint density at radius 3 is 2.72 bits per heavy atom. The summed E-state index contributed by atoms with van der Waals surface area (Å²) in [5.41, 5.74) is -2.03. The van der Waals surface area contributed by atoms with Crippen molar-refractivity contribution in [1.82, 2.24) is 14.8 Å². The lowest BCUT2D eigenvalue weighted by molar-refractivity contribution is 0.0394. The van der Waals surface area contributed by atoms with E-state index in [2.05, 4.69) is 5.32 Å². The number of halogens is 2. The summed E-state index contributed by atoms with van der Waals surface area (Å²) >= 11 is 5.75. The summed E-state index contributed by atoms with van der Waals surface area (Å²) in [6.45, 7) is 3.57. The van der Waals surface area contributed by atoms with Crippen LogP contribution in [0.25, 0.3) is 0 Å². The fourth-order valence-electron chi connectivity index (χ4n) is 4.64. The smallest absolute Gasteiger partial charge is 0.275 e. The third-order valence-corrected chi connectivity index (χ3v) is 6.55. The Morgan fingerprint density at radius 2 is 2.09 bits per heavy atom. The second kappa shape index (κ2) is 7.90. The molecule has 0 radical (unpaired) electrons. The van der Waals surface area contributed by atoms with Gasteiger partial charge in [-0.15, -0.1) is 0 Å². The van der Waals surface area contributed by atoms with E-state index < -0.39 is 34.3 Å². The highest BCUT2D eigenvalue weighted by molar-refractivity contribution is 6.30. The molecular formula is C22H23ClFN3O5. The Kier molecular flexibility index (Phi) is 5.50. The lowest BCUT2D eigenvalue weighted by Crippen LogP contribution is -2.55. The Morgan fingerprint density at radius 1 is 1.38 bits per heavy atom. The number of carbonyl (C=O) groups is 2. The van der Waals surface area contributed by atoms with Gasteiger partial charge in [-0.05, 0) is 26.3 Å². The second-order valence-electron chi connectivity index (χ2n) is 8.55. The molecule has 3 N–H and O–H groups in total. The van der Waals surface area contributed by atoms with Crippen molar-refractivity contribution in [2.75, 3.05) is 6.61 Å². The van der Waals surface area contributed by atoms with Crippen LogP contribution < -0.4 is 10.7 Å². The highest BCUT2D eigenvalue weighted by Crippen LogP contribution is 2.53. The van der Waals surface area contributed by atoms with Gasteiger partial charge in [-0.2, -0.15) is 0 Å². The highest BCUT2D eigenvalue weighted by Gasteiger charge is 2.62. The molecule has 1 aliphatic heterocycles. The molecule has 170 valence electrons. The van der Waals surface area contributed by atoms with E-state index in [4.69, 9.17) is 11.6 Å². The molecule has 1 aromatic heterocycles. The zero-order chi connectivity index (χ0) is 23.4. The number of nitrogens with one attached hydrogen (secondary N) is 1. The minimum Gasteiger partial charge on any atom is -0.503 e. The van der Waals surface area contributed by atoms with Crippen molar-refractivity contribution >= 4 is 23.4 Å². The van der Waals surface area contributed by atoms with Gasteiger partial charge in [0.2, 0.25) is 5.43 Å². The summed E-state index contributed by atoms with van der Waals surface area (Å²) in [4.78, 5) is 40.2. The Hall–Kier alpha value is -2.91. The molecule has 4 rings (SSSR count). The number of aliphatic hydroxyl groups excluding tert-OH is 1. The predicted octanol–water partition coefficient (Wildman–Crippen LogP) is 1.89. The van der Waals surface area contributed by atoms with Crippen molar-refractivity contribution in [1.29, 1.82) is 0 Å². The number of amides is 2. The molecule has 0 saturated heterocycles. The summed E-state index contributed by atoms with van der Waals surface area (Å²) in [6.07, 6.45) is 1.82. The molecule has 32 heavy (non-hydrogen) atoms. The number of pyridine rings is 1. The summed E-state index contributed by atoms with van der Waals surface area (Å²) in [5.74, 6) is -2.96. The predicted molar refractivity (Wildman–Crippen MR) is 114 cm³/mol. The number of benzene rings is 1. The lowest BCUT2D eigenvalue weighted by Gasteiger charge is -2.42. The van der Waals surface area contributed by atoms with Crippen molar-refractivity contribution < 1.29 is 24.2 Å². The van der Waals surface area contributed by atoms with Crippen LogP contribution in [0, 0.1) is 11.7 Å². The molecule has 1 aromatic carbocycles. The number of aromatic hydroxyl groups is 1. The lowest BCUT2D eigenvalue weighted by atomic mass is 10.0. The van der Waals surface area contributed by atoms with Crippen LogP contribution in [0.15, 0.2) is 29.2 Å². The van der Waals surface area contributed by atoms with Crippen LogP contribution in [0.3, 0.4) is 0 Å².